The number of nitrogens with zero attached hydrogens (tertiary/aromatic N) is 1. The van der Waals surface area contributed by atoms with Gasteiger partial charge in [-0.25, -0.2) is 4.39 Å². The molecule has 0 fully saturated rings. The average Bonchev–Trinajstić information content (AvgIpc) is 2.28. The van der Waals surface area contributed by atoms with Crippen LogP contribution >= 0.6 is 0 Å². The van der Waals surface area contributed by atoms with Gasteiger partial charge in [0.25, 0.3) is 0 Å². The highest BCUT2D eigenvalue weighted by molar-refractivity contribution is 5.62. The third-order valence-corrected chi connectivity index (χ3v) is 3.35. The molecule has 1 N–H and O–H groups in total. The first kappa shape index (κ1) is 15.3. The second-order valence-corrected chi connectivity index (χ2v) is 4.55. The van der Waals surface area contributed by atoms with E-state index >= 15 is 0 Å². The maximum absolute atomic E-state index is 13.5. The van der Waals surface area contributed by atoms with Crippen LogP contribution in [-0.4, -0.2) is 11.0 Å². The Kier molecular flexibility index (Phi) is 5.20. The molecule has 19 heavy (non-hydrogen) atoms. The van der Waals surface area contributed by atoms with Gasteiger partial charge in [-0.3, -0.25) is 10.1 Å². The third kappa shape index (κ3) is 3.62. The molecule has 1 atom stereocenters. The van der Waals surface area contributed by atoms with Gasteiger partial charge in [0, 0.05) is 18.2 Å². The normalized spacial score (nSPS) is 12.5. The van der Waals surface area contributed by atoms with Crippen LogP contribution in [0.15, 0.2) is 12.1 Å². The molecule has 0 saturated heterocycles. The molecule has 1 aromatic rings. The minimum atomic E-state index is -1.16. The molecule has 106 valence electrons. The van der Waals surface area contributed by atoms with Gasteiger partial charge in [0.1, 0.15) is 11.5 Å². The molecular formula is C13H18F2N2O2. The summed E-state index contributed by atoms with van der Waals surface area (Å²) in [7, 11) is 0. The van der Waals surface area contributed by atoms with E-state index in [1.54, 1.807) is 0 Å². The van der Waals surface area contributed by atoms with Crippen molar-refractivity contribution in [3.8, 4) is 0 Å². The summed E-state index contributed by atoms with van der Waals surface area (Å²) in [5, 5.41) is 13.7. The van der Waals surface area contributed by atoms with Crippen molar-refractivity contribution in [2.24, 2.45) is 5.92 Å². The number of hydrogen-bond acceptors (Lipinski definition) is 3. The van der Waals surface area contributed by atoms with Crippen LogP contribution < -0.4 is 5.32 Å². The summed E-state index contributed by atoms with van der Waals surface area (Å²) in [6.45, 7) is 5.87. The molecule has 0 aliphatic heterocycles. The van der Waals surface area contributed by atoms with Crippen LogP contribution in [0.1, 0.15) is 33.6 Å². The second kappa shape index (κ2) is 6.45. The highest BCUT2D eigenvalue weighted by Gasteiger charge is 2.24. The molecule has 0 spiro atoms. The van der Waals surface area contributed by atoms with Crippen LogP contribution in [0.2, 0.25) is 0 Å². The van der Waals surface area contributed by atoms with E-state index in [0.29, 0.717) is 6.07 Å². The molecule has 0 aromatic heterocycles. The fourth-order valence-electron chi connectivity index (χ4n) is 2.22. The molecule has 1 rings (SSSR count). The number of rotatable bonds is 6. The molecule has 0 heterocycles. The van der Waals surface area contributed by atoms with Crippen LogP contribution in [0, 0.1) is 27.7 Å². The van der Waals surface area contributed by atoms with E-state index in [1.165, 1.54) is 0 Å². The predicted octanol–water partition coefficient (Wildman–Crippen LogP) is 4.11. The molecule has 1 aromatic carbocycles. The van der Waals surface area contributed by atoms with E-state index in [4.69, 9.17) is 0 Å². The standard InChI is InChI=1S/C13H18F2N2O2/c1-4-9(5-2)8(3)16-12-7-10(14)6-11(15)13(12)17(18)19/h6-9,16H,4-5H2,1-3H3. The van der Waals surface area contributed by atoms with E-state index in [0.717, 1.165) is 18.9 Å². The summed E-state index contributed by atoms with van der Waals surface area (Å²) in [6, 6.07) is 1.38. The van der Waals surface area contributed by atoms with Gasteiger partial charge >= 0.3 is 5.69 Å². The van der Waals surface area contributed by atoms with Crippen LogP contribution in [0.5, 0.6) is 0 Å². The lowest BCUT2D eigenvalue weighted by atomic mass is 9.95. The Morgan fingerprint density at radius 2 is 1.89 bits per heavy atom. The molecule has 0 aliphatic rings. The number of benzene rings is 1. The van der Waals surface area contributed by atoms with Gasteiger partial charge in [-0.15, -0.1) is 0 Å². The Hall–Kier alpha value is -1.72. The number of nitro groups is 1. The largest absolute Gasteiger partial charge is 0.377 e. The number of hydrogen-bond donors (Lipinski definition) is 1. The van der Waals surface area contributed by atoms with Crippen molar-refractivity contribution in [1.29, 1.82) is 0 Å². The zero-order valence-corrected chi connectivity index (χ0v) is 11.2. The molecule has 6 heteroatoms. The highest BCUT2D eigenvalue weighted by Crippen LogP contribution is 2.30. The van der Waals surface area contributed by atoms with Crippen LogP contribution in [0.25, 0.3) is 0 Å². The summed E-state index contributed by atoms with van der Waals surface area (Å²) >= 11 is 0. The molecule has 4 nitrogen and oxygen atoms in total. The molecule has 0 radical (unpaired) electrons. The number of halogens is 2. The lowest BCUT2D eigenvalue weighted by Crippen LogP contribution is -2.25. The quantitative estimate of drug-likeness (QED) is 0.626. The van der Waals surface area contributed by atoms with Crippen LogP contribution in [-0.2, 0) is 0 Å². The molecule has 0 bridgehead atoms. The van der Waals surface area contributed by atoms with E-state index in [2.05, 4.69) is 5.32 Å². The van der Waals surface area contributed by atoms with Crippen molar-refractivity contribution < 1.29 is 13.7 Å². The first-order valence-corrected chi connectivity index (χ1v) is 6.30. The maximum atomic E-state index is 13.5. The van der Waals surface area contributed by atoms with E-state index in [9.17, 15) is 18.9 Å². The van der Waals surface area contributed by atoms with E-state index < -0.39 is 22.2 Å². The summed E-state index contributed by atoms with van der Waals surface area (Å²) in [6.07, 6.45) is 1.77. The number of nitro benzene ring substituents is 1. The van der Waals surface area contributed by atoms with Crippen LogP contribution in [0.4, 0.5) is 20.2 Å². The van der Waals surface area contributed by atoms with Crippen molar-refractivity contribution in [1.82, 2.24) is 0 Å². The van der Waals surface area contributed by atoms with Crippen molar-refractivity contribution in [2.45, 2.75) is 39.7 Å². The first-order chi connectivity index (χ1) is 8.90. The lowest BCUT2D eigenvalue weighted by molar-refractivity contribution is -0.386. The topological polar surface area (TPSA) is 55.2 Å². The molecule has 0 amide bonds. The van der Waals surface area contributed by atoms with Gasteiger partial charge in [0.05, 0.1) is 4.92 Å². The number of nitrogens with one attached hydrogen (secondary N) is 1. The van der Waals surface area contributed by atoms with Crippen molar-refractivity contribution >= 4 is 11.4 Å². The van der Waals surface area contributed by atoms with Gasteiger partial charge in [-0.2, -0.15) is 4.39 Å². The second-order valence-electron chi connectivity index (χ2n) is 4.55. The predicted molar refractivity (Wildman–Crippen MR) is 70.2 cm³/mol. The Labute approximate surface area is 111 Å². The maximum Gasteiger partial charge on any atom is 0.327 e. The molecular weight excluding hydrogens is 254 g/mol. The van der Waals surface area contributed by atoms with E-state index in [-0.39, 0.29) is 17.6 Å². The lowest BCUT2D eigenvalue weighted by Gasteiger charge is -2.23. The average molecular weight is 272 g/mol. The minimum absolute atomic E-state index is 0.102. The van der Waals surface area contributed by atoms with Crippen molar-refractivity contribution in [3.63, 3.8) is 0 Å². The zero-order chi connectivity index (χ0) is 14.6. The van der Waals surface area contributed by atoms with Gasteiger partial charge in [-0.1, -0.05) is 26.7 Å². The third-order valence-electron chi connectivity index (χ3n) is 3.35. The first-order valence-electron chi connectivity index (χ1n) is 6.30. The van der Waals surface area contributed by atoms with Gasteiger partial charge in [-0.05, 0) is 12.8 Å². The smallest absolute Gasteiger partial charge is 0.327 e. The Bertz CT molecular complexity index is 462. The number of anilines is 1. The SMILES string of the molecule is CCC(CC)C(C)Nc1cc(F)cc(F)c1[N+](=O)[O-]. The zero-order valence-electron chi connectivity index (χ0n) is 11.2. The van der Waals surface area contributed by atoms with Crippen molar-refractivity contribution in [2.75, 3.05) is 5.32 Å². The Morgan fingerprint density at radius 3 is 2.37 bits per heavy atom. The molecule has 0 saturated carbocycles. The van der Waals surface area contributed by atoms with Crippen LogP contribution in [0.3, 0.4) is 0 Å². The van der Waals surface area contributed by atoms with Gasteiger partial charge in [0.2, 0.25) is 5.82 Å². The molecule has 1 unspecified atom stereocenters. The fraction of sp³-hybridized carbons (Fsp3) is 0.538. The van der Waals surface area contributed by atoms with Crippen molar-refractivity contribution in [3.05, 3.63) is 33.9 Å². The fourth-order valence-corrected chi connectivity index (χ4v) is 2.22. The van der Waals surface area contributed by atoms with Gasteiger partial charge in [0.15, 0.2) is 0 Å². The molecule has 0 aliphatic carbocycles. The highest BCUT2D eigenvalue weighted by atomic mass is 19.1. The Balaban J connectivity index is 3.09. The summed E-state index contributed by atoms with van der Waals surface area (Å²) in [5.74, 6) is -1.71. The monoisotopic (exact) mass is 272 g/mol. The van der Waals surface area contributed by atoms with E-state index in [1.807, 2.05) is 20.8 Å². The minimum Gasteiger partial charge on any atom is -0.377 e. The summed E-state index contributed by atoms with van der Waals surface area (Å²) in [5.41, 5.74) is -0.818. The van der Waals surface area contributed by atoms with Gasteiger partial charge < -0.3 is 5.32 Å². The summed E-state index contributed by atoms with van der Waals surface area (Å²) in [4.78, 5) is 10.0. The summed E-state index contributed by atoms with van der Waals surface area (Å²) < 4.78 is 26.6. The Morgan fingerprint density at radius 1 is 1.32 bits per heavy atom.